The molecular weight excluding hydrogens is 134 g/mol. The summed E-state index contributed by atoms with van der Waals surface area (Å²) >= 11 is 0. The molecule has 0 atom stereocenters. The van der Waals surface area contributed by atoms with E-state index in [1.165, 1.54) is 13.0 Å². The SMILES string of the molecule is CC.CC(C)(C)N1C=CCC1. The van der Waals surface area contributed by atoms with Crippen molar-refractivity contribution in [1.29, 1.82) is 0 Å². The molecule has 1 heteroatoms. The summed E-state index contributed by atoms with van der Waals surface area (Å²) in [7, 11) is 0. The quantitative estimate of drug-likeness (QED) is 0.519. The molecule has 0 amide bonds. The van der Waals surface area contributed by atoms with Gasteiger partial charge in [-0.25, -0.2) is 0 Å². The van der Waals surface area contributed by atoms with Crippen LogP contribution in [0.5, 0.6) is 0 Å². The van der Waals surface area contributed by atoms with Crippen LogP contribution in [0.3, 0.4) is 0 Å². The molecule has 0 N–H and O–H groups in total. The lowest BCUT2D eigenvalue weighted by atomic mass is 10.1. The van der Waals surface area contributed by atoms with Crippen LogP contribution in [0.4, 0.5) is 0 Å². The second kappa shape index (κ2) is 4.42. The highest BCUT2D eigenvalue weighted by molar-refractivity contribution is 4.96. The van der Waals surface area contributed by atoms with Gasteiger partial charge in [-0.1, -0.05) is 19.9 Å². The van der Waals surface area contributed by atoms with Crippen LogP contribution in [0.1, 0.15) is 41.0 Å². The predicted molar refractivity (Wildman–Crippen MR) is 51.6 cm³/mol. The average molecular weight is 155 g/mol. The highest BCUT2D eigenvalue weighted by Crippen LogP contribution is 2.17. The molecule has 0 unspecified atom stereocenters. The van der Waals surface area contributed by atoms with Crippen LogP contribution in [0, 0.1) is 0 Å². The highest BCUT2D eigenvalue weighted by Gasteiger charge is 2.18. The molecule has 11 heavy (non-hydrogen) atoms. The fraction of sp³-hybridized carbons (Fsp3) is 0.800. The fourth-order valence-corrected chi connectivity index (χ4v) is 1.05. The zero-order chi connectivity index (χ0) is 8.91. The standard InChI is InChI=1S/C8H15N.C2H6/c1-8(2,3)9-6-4-5-7-9;1-2/h4,6H,5,7H2,1-3H3;1-2H3. The van der Waals surface area contributed by atoms with E-state index in [0.29, 0.717) is 5.54 Å². The Morgan fingerprint density at radius 1 is 1.18 bits per heavy atom. The first-order valence-corrected chi connectivity index (χ1v) is 4.54. The van der Waals surface area contributed by atoms with E-state index in [0.717, 1.165) is 0 Å². The van der Waals surface area contributed by atoms with E-state index in [1.807, 2.05) is 13.8 Å². The van der Waals surface area contributed by atoms with Gasteiger partial charge < -0.3 is 4.90 Å². The van der Waals surface area contributed by atoms with Crippen LogP contribution in [0.2, 0.25) is 0 Å². The maximum Gasteiger partial charge on any atom is 0.0312 e. The Kier molecular flexibility index (Phi) is 4.24. The normalized spacial score (nSPS) is 16.3. The Hall–Kier alpha value is -0.460. The lowest BCUT2D eigenvalue weighted by Gasteiger charge is -2.31. The summed E-state index contributed by atoms with van der Waals surface area (Å²) in [6, 6.07) is 0. The molecule has 0 spiro atoms. The van der Waals surface area contributed by atoms with Gasteiger partial charge in [0.05, 0.1) is 0 Å². The summed E-state index contributed by atoms with van der Waals surface area (Å²) < 4.78 is 0. The van der Waals surface area contributed by atoms with E-state index >= 15 is 0 Å². The molecule has 66 valence electrons. The average Bonchev–Trinajstić information content (AvgIpc) is 2.40. The molecule has 0 aromatic rings. The third-order valence-corrected chi connectivity index (χ3v) is 1.68. The van der Waals surface area contributed by atoms with Gasteiger partial charge in [-0.2, -0.15) is 0 Å². The monoisotopic (exact) mass is 155 g/mol. The minimum atomic E-state index is 0.326. The van der Waals surface area contributed by atoms with Crippen LogP contribution < -0.4 is 0 Å². The van der Waals surface area contributed by atoms with E-state index in [2.05, 4.69) is 37.9 Å². The van der Waals surface area contributed by atoms with E-state index in [9.17, 15) is 0 Å². The van der Waals surface area contributed by atoms with Gasteiger partial charge in [0.15, 0.2) is 0 Å². The molecule has 1 aliphatic rings. The summed E-state index contributed by atoms with van der Waals surface area (Å²) in [5, 5.41) is 0. The number of hydrogen-bond acceptors (Lipinski definition) is 1. The molecule has 0 aliphatic carbocycles. The van der Waals surface area contributed by atoms with Crippen molar-refractivity contribution in [3.63, 3.8) is 0 Å². The van der Waals surface area contributed by atoms with Crippen molar-refractivity contribution in [2.45, 2.75) is 46.6 Å². The van der Waals surface area contributed by atoms with E-state index in [1.54, 1.807) is 0 Å². The third kappa shape index (κ3) is 3.45. The molecule has 0 fully saturated rings. The molecule has 1 nitrogen and oxygen atoms in total. The second-order valence-corrected chi connectivity index (χ2v) is 3.54. The van der Waals surface area contributed by atoms with Crippen LogP contribution in [-0.2, 0) is 0 Å². The van der Waals surface area contributed by atoms with Gasteiger partial charge in [0.2, 0.25) is 0 Å². The number of nitrogens with zero attached hydrogens (tertiary/aromatic N) is 1. The molecule has 0 aromatic heterocycles. The van der Waals surface area contributed by atoms with Crippen molar-refractivity contribution in [3.05, 3.63) is 12.3 Å². The fourth-order valence-electron chi connectivity index (χ4n) is 1.05. The number of rotatable bonds is 0. The van der Waals surface area contributed by atoms with Gasteiger partial charge in [0, 0.05) is 12.1 Å². The minimum Gasteiger partial charge on any atom is -0.373 e. The van der Waals surface area contributed by atoms with Crippen molar-refractivity contribution < 1.29 is 0 Å². The molecule has 1 aliphatic heterocycles. The van der Waals surface area contributed by atoms with Crippen LogP contribution >= 0.6 is 0 Å². The van der Waals surface area contributed by atoms with Crippen molar-refractivity contribution in [2.75, 3.05) is 6.54 Å². The zero-order valence-corrected chi connectivity index (χ0v) is 8.52. The van der Waals surface area contributed by atoms with Gasteiger partial charge in [-0.3, -0.25) is 0 Å². The van der Waals surface area contributed by atoms with Gasteiger partial charge in [-0.05, 0) is 33.4 Å². The summed E-state index contributed by atoms with van der Waals surface area (Å²) in [5.74, 6) is 0. The largest absolute Gasteiger partial charge is 0.373 e. The summed E-state index contributed by atoms with van der Waals surface area (Å²) in [6.45, 7) is 11.9. The molecule has 0 radical (unpaired) electrons. The van der Waals surface area contributed by atoms with Crippen LogP contribution in [0.25, 0.3) is 0 Å². The Morgan fingerprint density at radius 2 is 1.73 bits per heavy atom. The number of hydrogen-bond donors (Lipinski definition) is 0. The van der Waals surface area contributed by atoms with Crippen LogP contribution in [0.15, 0.2) is 12.3 Å². The van der Waals surface area contributed by atoms with E-state index in [-0.39, 0.29) is 0 Å². The molecule has 0 saturated heterocycles. The van der Waals surface area contributed by atoms with E-state index in [4.69, 9.17) is 0 Å². The first-order valence-electron chi connectivity index (χ1n) is 4.54. The van der Waals surface area contributed by atoms with Crippen molar-refractivity contribution >= 4 is 0 Å². The van der Waals surface area contributed by atoms with Gasteiger partial charge in [-0.15, -0.1) is 0 Å². The lowest BCUT2D eigenvalue weighted by Crippen LogP contribution is -2.35. The first kappa shape index (κ1) is 10.5. The predicted octanol–water partition coefficient (Wildman–Crippen LogP) is 3.03. The maximum atomic E-state index is 2.37. The van der Waals surface area contributed by atoms with Gasteiger partial charge >= 0.3 is 0 Å². The Bertz CT molecular complexity index is 119. The summed E-state index contributed by atoms with van der Waals surface area (Å²) in [5.41, 5.74) is 0.326. The summed E-state index contributed by atoms with van der Waals surface area (Å²) in [6.07, 6.45) is 5.64. The van der Waals surface area contributed by atoms with Gasteiger partial charge in [0.1, 0.15) is 0 Å². The molecule has 0 aromatic carbocycles. The second-order valence-electron chi connectivity index (χ2n) is 3.54. The molecule has 1 rings (SSSR count). The minimum absolute atomic E-state index is 0.326. The third-order valence-electron chi connectivity index (χ3n) is 1.68. The molecular formula is C10H21N. The van der Waals surface area contributed by atoms with Gasteiger partial charge in [0.25, 0.3) is 0 Å². The Labute approximate surface area is 71.1 Å². The first-order chi connectivity index (χ1) is 5.11. The van der Waals surface area contributed by atoms with E-state index < -0.39 is 0 Å². The maximum absolute atomic E-state index is 2.37. The molecule has 1 heterocycles. The Balaban J connectivity index is 0.000000461. The van der Waals surface area contributed by atoms with Crippen molar-refractivity contribution in [2.24, 2.45) is 0 Å². The smallest absolute Gasteiger partial charge is 0.0312 e. The Morgan fingerprint density at radius 3 is 1.91 bits per heavy atom. The van der Waals surface area contributed by atoms with Crippen molar-refractivity contribution in [3.8, 4) is 0 Å². The molecule has 0 bridgehead atoms. The van der Waals surface area contributed by atoms with Crippen molar-refractivity contribution in [1.82, 2.24) is 4.90 Å². The van der Waals surface area contributed by atoms with Crippen LogP contribution in [-0.4, -0.2) is 17.0 Å². The highest BCUT2D eigenvalue weighted by atomic mass is 15.2. The zero-order valence-electron chi connectivity index (χ0n) is 8.52. The molecule has 0 saturated carbocycles. The summed E-state index contributed by atoms with van der Waals surface area (Å²) in [4.78, 5) is 2.37. The lowest BCUT2D eigenvalue weighted by molar-refractivity contribution is 0.222. The topological polar surface area (TPSA) is 3.24 Å².